The molecule has 2 heterocycles. The molecule has 6 nitrogen and oxygen atoms in total. The van der Waals surface area contributed by atoms with Crippen LogP contribution in [-0.2, 0) is 0 Å². The highest BCUT2D eigenvalue weighted by Gasteiger charge is 2.32. The van der Waals surface area contributed by atoms with Crippen LogP contribution in [0, 0.1) is 5.92 Å². The van der Waals surface area contributed by atoms with Crippen molar-refractivity contribution < 1.29 is 22.7 Å². The molecule has 1 saturated heterocycles. The average Bonchev–Trinajstić information content (AvgIpc) is 2.69. The topological polar surface area (TPSA) is 57.2 Å². The zero-order valence-corrected chi connectivity index (χ0v) is 17.3. The first-order valence-electron chi connectivity index (χ1n) is 10.0. The lowest BCUT2D eigenvalue weighted by molar-refractivity contribution is -0.0499. The number of allylic oxidation sites excluding steroid dienone is 1. The number of carbonyl (C=O) groups excluding carboxylic acids is 1. The quantitative estimate of drug-likeness (QED) is 0.728. The highest BCUT2D eigenvalue weighted by molar-refractivity contribution is 5.75. The van der Waals surface area contributed by atoms with Gasteiger partial charge in [-0.15, -0.1) is 0 Å². The number of piperazine rings is 1. The molecule has 0 aliphatic carbocycles. The molecule has 0 saturated carbocycles. The molecule has 0 aromatic heterocycles. The molecule has 2 aliphatic heterocycles. The Morgan fingerprint density at radius 2 is 2.07 bits per heavy atom. The molecule has 2 amide bonds. The van der Waals surface area contributed by atoms with Crippen molar-refractivity contribution >= 4 is 12.2 Å². The van der Waals surface area contributed by atoms with Gasteiger partial charge >= 0.3 is 12.6 Å². The van der Waals surface area contributed by atoms with E-state index in [9.17, 15) is 18.0 Å². The molecule has 0 bridgehead atoms. The van der Waals surface area contributed by atoms with Crippen LogP contribution in [0.4, 0.5) is 18.0 Å². The van der Waals surface area contributed by atoms with Gasteiger partial charge in [-0.05, 0) is 37.6 Å². The number of ether oxygens (including phenoxy) is 1. The van der Waals surface area contributed by atoms with Crippen LogP contribution in [0.2, 0.25) is 0 Å². The van der Waals surface area contributed by atoms with Gasteiger partial charge in [0.1, 0.15) is 5.75 Å². The SMILES string of the molecule is CC1C(N2CCN(C(=O)N[C@H](C)c3cccc(OC(F)F)c3)[C@H](C)C2)=CC=NC1F. The smallest absolute Gasteiger partial charge is 0.387 e. The van der Waals surface area contributed by atoms with Gasteiger partial charge in [0.15, 0.2) is 6.30 Å². The number of carbonyl (C=O) groups is 1. The van der Waals surface area contributed by atoms with E-state index in [1.807, 2.05) is 19.9 Å². The lowest BCUT2D eigenvalue weighted by atomic mass is 10.0. The fourth-order valence-corrected chi connectivity index (χ4v) is 3.82. The molecular formula is C21H27F3N4O2. The van der Waals surface area contributed by atoms with Gasteiger partial charge in [-0.3, -0.25) is 4.99 Å². The summed E-state index contributed by atoms with van der Waals surface area (Å²) < 4.78 is 43.2. The standard InChI is InChI=1S/C21H27F3N4O2/c1-13-12-27(18-7-8-25-19(22)14(18)2)9-10-28(13)21(29)26-15(3)16-5-4-6-17(11-16)30-20(23)24/h4-8,11,13-15,19-20H,9-10,12H2,1-3H3,(H,26,29)/t13-,14?,15-,19?/m1/s1. The Kier molecular flexibility index (Phi) is 6.89. The Labute approximate surface area is 174 Å². The first-order valence-corrected chi connectivity index (χ1v) is 10.0. The first kappa shape index (κ1) is 22.0. The summed E-state index contributed by atoms with van der Waals surface area (Å²) in [6, 6.07) is 5.60. The maximum Gasteiger partial charge on any atom is 0.387 e. The molecule has 0 radical (unpaired) electrons. The van der Waals surface area contributed by atoms with Crippen molar-refractivity contribution in [3.8, 4) is 5.75 Å². The number of dihydropyridines is 1. The molecule has 0 spiro atoms. The third-order valence-corrected chi connectivity index (χ3v) is 5.53. The summed E-state index contributed by atoms with van der Waals surface area (Å²) in [6.07, 6.45) is 2.09. The van der Waals surface area contributed by atoms with Crippen LogP contribution >= 0.6 is 0 Å². The van der Waals surface area contributed by atoms with Crippen LogP contribution in [0.15, 0.2) is 41.0 Å². The van der Waals surface area contributed by atoms with E-state index >= 15 is 0 Å². The number of hydrogen-bond acceptors (Lipinski definition) is 4. The third kappa shape index (κ3) is 5.06. The van der Waals surface area contributed by atoms with Crippen molar-refractivity contribution in [2.75, 3.05) is 19.6 Å². The van der Waals surface area contributed by atoms with Crippen LogP contribution in [0.3, 0.4) is 0 Å². The van der Waals surface area contributed by atoms with Gasteiger partial charge in [-0.1, -0.05) is 19.1 Å². The molecule has 4 atom stereocenters. The predicted octanol–water partition coefficient (Wildman–Crippen LogP) is 3.96. The Balaban J connectivity index is 1.59. The van der Waals surface area contributed by atoms with Gasteiger partial charge in [0.2, 0.25) is 0 Å². The predicted molar refractivity (Wildman–Crippen MR) is 108 cm³/mol. The molecule has 3 rings (SSSR count). The maximum atomic E-state index is 13.9. The summed E-state index contributed by atoms with van der Waals surface area (Å²) in [5, 5.41) is 2.92. The molecule has 1 N–H and O–H groups in total. The highest BCUT2D eigenvalue weighted by atomic mass is 19.3. The molecule has 9 heteroatoms. The number of rotatable bonds is 5. The number of amides is 2. The molecule has 1 fully saturated rings. The van der Waals surface area contributed by atoms with Crippen molar-refractivity contribution in [1.82, 2.24) is 15.1 Å². The van der Waals surface area contributed by atoms with E-state index in [0.29, 0.717) is 25.2 Å². The zero-order chi connectivity index (χ0) is 21.8. The van der Waals surface area contributed by atoms with E-state index in [4.69, 9.17) is 0 Å². The van der Waals surface area contributed by atoms with Crippen LogP contribution < -0.4 is 10.1 Å². The van der Waals surface area contributed by atoms with Crippen molar-refractivity contribution in [2.45, 2.75) is 45.8 Å². The van der Waals surface area contributed by atoms with Crippen LogP contribution in [0.25, 0.3) is 0 Å². The Hall–Kier alpha value is -2.71. The van der Waals surface area contributed by atoms with Crippen LogP contribution in [0.1, 0.15) is 32.4 Å². The van der Waals surface area contributed by atoms with Gasteiger partial charge < -0.3 is 19.9 Å². The molecule has 2 unspecified atom stereocenters. The summed E-state index contributed by atoms with van der Waals surface area (Å²) >= 11 is 0. The minimum Gasteiger partial charge on any atom is -0.435 e. The van der Waals surface area contributed by atoms with E-state index in [-0.39, 0.29) is 29.8 Å². The first-order chi connectivity index (χ1) is 14.3. The number of aliphatic imine (C=N–C) groups is 1. The lowest BCUT2D eigenvalue weighted by Crippen LogP contribution is -2.57. The van der Waals surface area contributed by atoms with Gasteiger partial charge in [-0.2, -0.15) is 8.78 Å². The zero-order valence-electron chi connectivity index (χ0n) is 17.3. The third-order valence-electron chi connectivity index (χ3n) is 5.53. The van der Waals surface area contributed by atoms with E-state index < -0.39 is 12.9 Å². The Morgan fingerprint density at radius 1 is 1.30 bits per heavy atom. The number of nitrogens with one attached hydrogen (secondary N) is 1. The molecular weight excluding hydrogens is 397 g/mol. The monoisotopic (exact) mass is 424 g/mol. The minimum absolute atomic E-state index is 0.0511. The fourth-order valence-electron chi connectivity index (χ4n) is 3.82. The average molecular weight is 424 g/mol. The molecule has 1 aromatic rings. The van der Waals surface area contributed by atoms with Crippen molar-refractivity contribution in [2.24, 2.45) is 10.9 Å². The summed E-state index contributed by atoms with van der Waals surface area (Å²) in [5.41, 5.74) is 1.57. The van der Waals surface area contributed by atoms with Gasteiger partial charge in [-0.25, -0.2) is 9.18 Å². The summed E-state index contributed by atoms with van der Waals surface area (Å²) in [5.74, 6) is -0.263. The number of nitrogens with zero attached hydrogens (tertiary/aromatic N) is 3. The summed E-state index contributed by atoms with van der Waals surface area (Å²) in [6.45, 7) is 4.33. The number of urea groups is 1. The number of hydrogen-bond donors (Lipinski definition) is 1. The minimum atomic E-state index is -2.90. The largest absolute Gasteiger partial charge is 0.435 e. The van der Waals surface area contributed by atoms with Gasteiger partial charge in [0, 0.05) is 43.5 Å². The highest BCUT2D eigenvalue weighted by Crippen LogP contribution is 2.27. The second-order valence-corrected chi connectivity index (χ2v) is 7.66. The Bertz CT molecular complexity index is 817. The van der Waals surface area contributed by atoms with E-state index in [1.165, 1.54) is 18.3 Å². The molecule has 164 valence electrons. The molecule has 30 heavy (non-hydrogen) atoms. The van der Waals surface area contributed by atoms with Crippen LogP contribution in [-0.4, -0.2) is 60.6 Å². The second-order valence-electron chi connectivity index (χ2n) is 7.66. The van der Waals surface area contributed by atoms with Gasteiger partial charge in [0.25, 0.3) is 0 Å². The van der Waals surface area contributed by atoms with Crippen molar-refractivity contribution in [3.63, 3.8) is 0 Å². The summed E-state index contributed by atoms with van der Waals surface area (Å²) in [4.78, 5) is 20.4. The fraction of sp³-hybridized carbons (Fsp3) is 0.524. The lowest BCUT2D eigenvalue weighted by Gasteiger charge is -2.43. The maximum absolute atomic E-state index is 13.9. The van der Waals surface area contributed by atoms with E-state index in [1.54, 1.807) is 24.0 Å². The van der Waals surface area contributed by atoms with Gasteiger partial charge in [0.05, 0.1) is 6.04 Å². The molecule has 1 aromatic carbocycles. The second kappa shape index (κ2) is 9.40. The summed E-state index contributed by atoms with van der Waals surface area (Å²) in [7, 11) is 0. The number of alkyl halides is 3. The van der Waals surface area contributed by atoms with E-state index in [0.717, 1.165) is 5.70 Å². The van der Waals surface area contributed by atoms with E-state index in [2.05, 4.69) is 19.9 Å². The van der Waals surface area contributed by atoms with Crippen molar-refractivity contribution in [3.05, 3.63) is 41.6 Å². The van der Waals surface area contributed by atoms with Crippen molar-refractivity contribution in [1.29, 1.82) is 0 Å². The normalized spacial score (nSPS) is 25.2. The number of benzene rings is 1. The Morgan fingerprint density at radius 3 is 2.77 bits per heavy atom. The number of halogens is 3. The van der Waals surface area contributed by atoms with Crippen LogP contribution in [0.5, 0.6) is 5.75 Å². The molecule has 2 aliphatic rings.